The van der Waals surface area contributed by atoms with Crippen molar-refractivity contribution in [2.75, 3.05) is 41.4 Å². The third-order valence-corrected chi connectivity index (χ3v) is 11.0. The highest BCUT2D eigenvalue weighted by molar-refractivity contribution is 5.90. The van der Waals surface area contributed by atoms with Gasteiger partial charge in [0, 0.05) is 40.7 Å². The number of hydrogen-bond acceptors (Lipinski definition) is 8. The van der Waals surface area contributed by atoms with E-state index in [9.17, 15) is 29.1 Å². The fourth-order valence-electron chi connectivity index (χ4n) is 8.10. The Hall–Kier alpha value is -3.99. The number of nitrogens with one attached hydrogen (secondary N) is 2. The van der Waals surface area contributed by atoms with Gasteiger partial charge in [-0.1, -0.05) is 78.8 Å². The van der Waals surface area contributed by atoms with Crippen LogP contribution in [0, 0.1) is 36.0 Å². The summed E-state index contributed by atoms with van der Waals surface area (Å²) in [4.78, 5) is 73.1. The number of aliphatic carboxylic acids is 1. The Morgan fingerprint density at radius 3 is 2.09 bits per heavy atom. The van der Waals surface area contributed by atoms with Crippen molar-refractivity contribution in [3.8, 4) is 12.3 Å². The summed E-state index contributed by atoms with van der Waals surface area (Å²) >= 11 is 0. The fourth-order valence-corrected chi connectivity index (χ4v) is 8.10. The van der Waals surface area contributed by atoms with Gasteiger partial charge in [0.2, 0.25) is 23.6 Å². The summed E-state index contributed by atoms with van der Waals surface area (Å²) in [5.74, 6) is -0.781. The molecule has 1 aliphatic rings. The van der Waals surface area contributed by atoms with E-state index < -0.39 is 60.2 Å². The van der Waals surface area contributed by atoms with Crippen molar-refractivity contribution in [3.05, 3.63) is 35.9 Å². The standard InChI is InChI=1S/C43H69N5O8/c1-13-14-18-23-46(9)38(29(6)7)41(51)45-36(27(2)3)42(52)47(10)37(28(4)5)34(55-11)26-35(49)48-24-19-22-33(48)39(56-12)30(8)40(50)44-32(43(53)54)25-31-20-16-15-17-21-31/h1,15-17,20-21,27-30,32-34,36-39H,14,18-19,22-26H2,2-12H3,(H,44,50)(H,45,51)(H,53,54). The van der Waals surface area contributed by atoms with E-state index in [4.69, 9.17) is 15.9 Å². The van der Waals surface area contributed by atoms with Crippen LogP contribution in [0.15, 0.2) is 30.3 Å². The molecule has 0 bridgehead atoms. The predicted octanol–water partition coefficient (Wildman–Crippen LogP) is 3.84. The van der Waals surface area contributed by atoms with Crippen LogP contribution in [0.3, 0.4) is 0 Å². The molecule has 0 aromatic heterocycles. The van der Waals surface area contributed by atoms with Gasteiger partial charge >= 0.3 is 5.97 Å². The smallest absolute Gasteiger partial charge is 0.326 e. The molecule has 4 amide bonds. The number of carbonyl (C=O) groups excluding carboxylic acids is 4. The maximum Gasteiger partial charge on any atom is 0.326 e. The van der Waals surface area contributed by atoms with Gasteiger partial charge in [0.1, 0.15) is 12.1 Å². The zero-order valence-corrected chi connectivity index (χ0v) is 35.6. The highest BCUT2D eigenvalue weighted by atomic mass is 16.5. The second-order valence-corrected chi connectivity index (χ2v) is 16.2. The van der Waals surface area contributed by atoms with Gasteiger partial charge in [-0.3, -0.25) is 24.1 Å². The van der Waals surface area contributed by atoms with E-state index >= 15 is 0 Å². The predicted molar refractivity (Wildman–Crippen MR) is 217 cm³/mol. The Kier molecular flexibility index (Phi) is 20.0. The highest BCUT2D eigenvalue weighted by Gasteiger charge is 2.43. The maximum atomic E-state index is 14.3. The molecule has 13 heteroatoms. The Balaban J connectivity index is 2.24. The van der Waals surface area contributed by atoms with Gasteiger partial charge in [-0.05, 0) is 56.2 Å². The first-order valence-electron chi connectivity index (χ1n) is 20.0. The second kappa shape index (κ2) is 23.3. The number of methoxy groups -OCH3 is 2. The lowest BCUT2D eigenvalue weighted by molar-refractivity contribution is -0.148. The highest BCUT2D eigenvalue weighted by Crippen LogP contribution is 2.29. The molecule has 1 fully saturated rings. The normalized spacial score (nSPS) is 18.2. The van der Waals surface area contributed by atoms with E-state index in [0.29, 0.717) is 32.4 Å². The van der Waals surface area contributed by atoms with Crippen LogP contribution < -0.4 is 10.6 Å². The molecular weight excluding hydrogens is 714 g/mol. The number of unbranched alkanes of at least 4 members (excludes halogenated alkanes) is 1. The van der Waals surface area contributed by atoms with Gasteiger partial charge in [-0.2, -0.15) is 0 Å². The first-order valence-corrected chi connectivity index (χ1v) is 20.0. The van der Waals surface area contributed by atoms with E-state index in [0.717, 1.165) is 12.0 Å². The van der Waals surface area contributed by atoms with Gasteiger partial charge in [-0.25, -0.2) is 4.79 Å². The number of carbonyl (C=O) groups is 5. The number of carboxylic acids is 1. The average molecular weight is 784 g/mol. The van der Waals surface area contributed by atoms with Crippen LogP contribution in [0.4, 0.5) is 0 Å². The first-order chi connectivity index (χ1) is 26.4. The number of ether oxygens (including phenoxy) is 2. The quantitative estimate of drug-likeness (QED) is 0.111. The van der Waals surface area contributed by atoms with Crippen LogP contribution in [-0.2, 0) is 39.9 Å². The van der Waals surface area contributed by atoms with E-state index in [1.165, 1.54) is 14.2 Å². The molecule has 1 heterocycles. The van der Waals surface area contributed by atoms with Crippen molar-refractivity contribution in [3.63, 3.8) is 0 Å². The number of benzene rings is 1. The Labute approximate surface area is 335 Å². The molecule has 1 aromatic rings. The lowest BCUT2D eigenvalue weighted by atomic mass is 9.91. The topological polar surface area (TPSA) is 158 Å². The van der Waals surface area contributed by atoms with Crippen LogP contribution in [0.2, 0.25) is 0 Å². The van der Waals surface area contributed by atoms with Crippen molar-refractivity contribution in [1.82, 2.24) is 25.3 Å². The molecule has 1 aromatic carbocycles. The molecule has 0 spiro atoms. The minimum Gasteiger partial charge on any atom is -0.480 e. The monoisotopic (exact) mass is 784 g/mol. The summed E-state index contributed by atoms with van der Waals surface area (Å²) < 4.78 is 11.8. The first kappa shape index (κ1) is 48.2. The van der Waals surface area contributed by atoms with Crippen molar-refractivity contribution in [2.45, 2.75) is 129 Å². The van der Waals surface area contributed by atoms with Crippen LogP contribution in [0.5, 0.6) is 0 Å². The third kappa shape index (κ3) is 13.3. The van der Waals surface area contributed by atoms with Crippen molar-refractivity contribution in [2.24, 2.45) is 23.7 Å². The lowest BCUT2D eigenvalue weighted by Crippen LogP contribution is -2.60. The molecule has 2 rings (SSSR count). The number of amides is 4. The maximum absolute atomic E-state index is 14.3. The number of carboxylic acid groups (broad SMARTS) is 1. The largest absolute Gasteiger partial charge is 0.480 e. The number of hydrogen-bond donors (Lipinski definition) is 3. The minimum atomic E-state index is -1.14. The minimum absolute atomic E-state index is 0.00966. The molecular formula is C43H69N5O8. The van der Waals surface area contributed by atoms with E-state index in [1.54, 1.807) is 23.8 Å². The summed E-state index contributed by atoms with van der Waals surface area (Å²) in [6, 6.07) is 5.75. The summed E-state index contributed by atoms with van der Waals surface area (Å²) in [5.41, 5.74) is 0.781. The van der Waals surface area contributed by atoms with Crippen molar-refractivity contribution >= 4 is 29.6 Å². The molecule has 0 saturated carbocycles. The molecule has 1 aliphatic heterocycles. The van der Waals surface area contributed by atoms with E-state index in [2.05, 4.69) is 16.6 Å². The number of nitrogens with zero attached hydrogens (tertiary/aromatic N) is 3. The van der Waals surface area contributed by atoms with Gasteiger partial charge in [0.05, 0.1) is 42.7 Å². The number of rotatable bonds is 23. The molecule has 3 N–H and O–H groups in total. The molecule has 8 atom stereocenters. The summed E-state index contributed by atoms with van der Waals surface area (Å²) in [6.07, 6.45) is 6.83. The SMILES string of the molecule is C#CCCCN(C)C(C(=O)NC(C(=O)N(C)C(C(C)C)C(CC(=O)N1CCCC1C(OC)C(C)C(=O)NC(Cc1ccccc1)C(=O)O)OC)C(C)C)C(C)C. The molecule has 56 heavy (non-hydrogen) atoms. The molecule has 0 aliphatic carbocycles. The summed E-state index contributed by atoms with van der Waals surface area (Å²) in [5, 5.41) is 15.6. The van der Waals surface area contributed by atoms with Crippen molar-refractivity contribution in [1.29, 1.82) is 0 Å². The van der Waals surface area contributed by atoms with Gasteiger partial charge in [-0.15, -0.1) is 12.3 Å². The number of terminal acetylenes is 1. The Morgan fingerprint density at radius 1 is 0.929 bits per heavy atom. The van der Waals surface area contributed by atoms with Crippen LogP contribution in [0.25, 0.3) is 0 Å². The zero-order valence-electron chi connectivity index (χ0n) is 35.6. The van der Waals surface area contributed by atoms with Gasteiger partial charge in [0.15, 0.2) is 0 Å². The molecule has 314 valence electrons. The van der Waals surface area contributed by atoms with Gasteiger partial charge in [0.25, 0.3) is 0 Å². The molecule has 0 radical (unpaired) electrons. The zero-order chi connectivity index (χ0) is 42.3. The van der Waals surface area contributed by atoms with Crippen molar-refractivity contribution < 1.29 is 38.6 Å². The van der Waals surface area contributed by atoms with Crippen LogP contribution >= 0.6 is 0 Å². The summed E-state index contributed by atoms with van der Waals surface area (Å²) in [7, 11) is 6.60. The summed E-state index contributed by atoms with van der Waals surface area (Å²) in [6.45, 7) is 14.5. The van der Waals surface area contributed by atoms with E-state index in [1.807, 2.05) is 83.8 Å². The number of likely N-dealkylation sites (N-methyl/N-ethyl adjacent to an activating group) is 2. The fraction of sp³-hybridized carbons (Fsp3) is 0.698. The second-order valence-electron chi connectivity index (χ2n) is 16.2. The molecule has 1 saturated heterocycles. The molecule has 13 nitrogen and oxygen atoms in total. The molecule has 8 unspecified atom stereocenters. The third-order valence-electron chi connectivity index (χ3n) is 11.0. The van der Waals surface area contributed by atoms with E-state index in [-0.39, 0.29) is 48.3 Å². The number of likely N-dealkylation sites (tertiary alicyclic amines) is 1. The van der Waals surface area contributed by atoms with Crippen LogP contribution in [0.1, 0.15) is 86.1 Å². The van der Waals surface area contributed by atoms with Gasteiger partial charge < -0.3 is 35.0 Å². The van der Waals surface area contributed by atoms with Crippen LogP contribution in [-0.4, -0.2) is 133 Å². The Bertz CT molecular complexity index is 1460. The lowest BCUT2D eigenvalue weighted by Gasteiger charge is -2.40. The average Bonchev–Trinajstić information content (AvgIpc) is 3.63. The Morgan fingerprint density at radius 2 is 1.57 bits per heavy atom.